The highest BCUT2D eigenvalue weighted by molar-refractivity contribution is 7.11. The van der Waals surface area contributed by atoms with Gasteiger partial charge < -0.3 is 0 Å². The highest BCUT2D eigenvalue weighted by Crippen LogP contribution is 2.24. The average molecular weight is 312 g/mol. The number of aryl methyl sites for hydroxylation is 1. The maximum atomic E-state index is 5.66. The molecule has 3 nitrogen and oxygen atoms in total. The zero-order chi connectivity index (χ0) is 15.3. The fourth-order valence-electron chi connectivity index (χ4n) is 2.68. The lowest BCUT2D eigenvalue weighted by Crippen LogP contribution is -2.27. The van der Waals surface area contributed by atoms with Gasteiger partial charge in [0.1, 0.15) is 0 Å². The van der Waals surface area contributed by atoms with Crippen LogP contribution in [0.2, 0.25) is 0 Å². The first-order chi connectivity index (χ1) is 10.3. The second kappa shape index (κ2) is 12.1. The van der Waals surface area contributed by atoms with Gasteiger partial charge in [-0.1, -0.05) is 71.1 Å². The van der Waals surface area contributed by atoms with E-state index in [-0.39, 0.29) is 6.04 Å². The van der Waals surface area contributed by atoms with Gasteiger partial charge in [-0.25, -0.2) is 4.98 Å². The van der Waals surface area contributed by atoms with Crippen molar-refractivity contribution in [3.63, 3.8) is 0 Å². The second-order valence-corrected chi connectivity index (χ2v) is 7.24. The summed E-state index contributed by atoms with van der Waals surface area (Å²) < 4.78 is 0. The molecule has 1 atom stereocenters. The molecule has 1 unspecified atom stereocenters. The molecule has 1 aromatic rings. The van der Waals surface area contributed by atoms with E-state index in [4.69, 9.17) is 5.84 Å². The van der Waals surface area contributed by atoms with Crippen LogP contribution in [0.3, 0.4) is 0 Å². The SMILES string of the molecule is CCCCCCCCCCCCC(NN)c1cnc(C)s1. The summed E-state index contributed by atoms with van der Waals surface area (Å²) >= 11 is 1.75. The van der Waals surface area contributed by atoms with E-state index >= 15 is 0 Å². The first kappa shape index (κ1) is 18.6. The molecule has 0 saturated carbocycles. The number of thiazole rings is 1. The van der Waals surface area contributed by atoms with Gasteiger partial charge in [0.05, 0.1) is 11.0 Å². The lowest BCUT2D eigenvalue weighted by Gasteiger charge is -2.13. The van der Waals surface area contributed by atoms with Crippen LogP contribution in [-0.4, -0.2) is 4.98 Å². The monoisotopic (exact) mass is 311 g/mol. The molecule has 0 spiro atoms. The van der Waals surface area contributed by atoms with Gasteiger partial charge in [0.25, 0.3) is 0 Å². The van der Waals surface area contributed by atoms with Crippen molar-refractivity contribution in [1.29, 1.82) is 0 Å². The molecular weight excluding hydrogens is 278 g/mol. The minimum atomic E-state index is 0.283. The summed E-state index contributed by atoms with van der Waals surface area (Å²) in [6.45, 7) is 4.32. The molecule has 3 N–H and O–H groups in total. The summed E-state index contributed by atoms with van der Waals surface area (Å²) in [5, 5.41) is 1.12. The quantitative estimate of drug-likeness (QED) is 0.296. The molecule has 0 aromatic carbocycles. The van der Waals surface area contributed by atoms with Crippen molar-refractivity contribution < 1.29 is 0 Å². The Hall–Kier alpha value is -0.450. The molecule has 21 heavy (non-hydrogen) atoms. The molecule has 1 heterocycles. The first-order valence-electron chi connectivity index (χ1n) is 8.66. The molecule has 0 fully saturated rings. The van der Waals surface area contributed by atoms with Crippen LogP contribution in [0.1, 0.15) is 93.5 Å². The predicted octanol–water partition coefficient (Wildman–Crippen LogP) is 5.27. The lowest BCUT2D eigenvalue weighted by atomic mass is 10.0. The Balaban J connectivity index is 1.98. The maximum Gasteiger partial charge on any atom is 0.0897 e. The molecule has 0 aliphatic carbocycles. The van der Waals surface area contributed by atoms with E-state index in [2.05, 4.69) is 17.3 Å². The van der Waals surface area contributed by atoms with Gasteiger partial charge in [-0.05, 0) is 13.3 Å². The van der Waals surface area contributed by atoms with Crippen molar-refractivity contribution in [3.05, 3.63) is 16.1 Å². The summed E-state index contributed by atoms with van der Waals surface area (Å²) in [5.74, 6) is 5.66. The standard InChI is InChI=1S/C17H33N3S/c1-3-4-5-6-7-8-9-10-11-12-13-16(20-18)17-14-19-15(2)21-17/h14,16,20H,3-13,18H2,1-2H3. The highest BCUT2D eigenvalue weighted by atomic mass is 32.1. The van der Waals surface area contributed by atoms with Crippen molar-refractivity contribution in [2.75, 3.05) is 0 Å². The number of rotatable bonds is 13. The smallest absolute Gasteiger partial charge is 0.0897 e. The molecule has 0 aliphatic heterocycles. The van der Waals surface area contributed by atoms with E-state index in [1.807, 2.05) is 13.1 Å². The van der Waals surface area contributed by atoms with Gasteiger partial charge in [-0.3, -0.25) is 11.3 Å². The third kappa shape index (κ3) is 8.54. The molecule has 122 valence electrons. The van der Waals surface area contributed by atoms with Crippen LogP contribution in [0.4, 0.5) is 0 Å². The normalized spacial score (nSPS) is 12.7. The Bertz CT molecular complexity index is 352. The predicted molar refractivity (Wildman–Crippen MR) is 93.4 cm³/mol. The van der Waals surface area contributed by atoms with Gasteiger partial charge in [-0.15, -0.1) is 11.3 Å². The van der Waals surface area contributed by atoms with E-state index in [1.54, 1.807) is 11.3 Å². The van der Waals surface area contributed by atoms with E-state index in [0.717, 1.165) is 11.4 Å². The van der Waals surface area contributed by atoms with Gasteiger partial charge >= 0.3 is 0 Å². The molecule has 0 radical (unpaired) electrons. The summed E-state index contributed by atoms with van der Waals surface area (Å²) in [6, 6.07) is 0.283. The Kier molecular flexibility index (Phi) is 10.7. The number of nitrogens with two attached hydrogens (primary N) is 1. The fourth-order valence-corrected chi connectivity index (χ4v) is 3.56. The van der Waals surface area contributed by atoms with Crippen LogP contribution in [0.25, 0.3) is 0 Å². The number of hydrogen-bond acceptors (Lipinski definition) is 4. The Morgan fingerprint density at radius 3 is 2.10 bits per heavy atom. The molecule has 1 rings (SSSR count). The van der Waals surface area contributed by atoms with Crippen LogP contribution >= 0.6 is 11.3 Å². The largest absolute Gasteiger partial charge is 0.271 e. The van der Waals surface area contributed by atoms with Gasteiger partial charge in [-0.2, -0.15) is 0 Å². The Morgan fingerprint density at radius 1 is 1.05 bits per heavy atom. The number of nitrogens with one attached hydrogen (secondary N) is 1. The van der Waals surface area contributed by atoms with Crippen LogP contribution in [0, 0.1) is 6.92 Å². The van der Waals surface area contributed by atoms with Crippen LogP contribution in [0.5, 0.6) is 0 Å². The molecule has 0 aliphatic rings. The summed E-state index contributed by atoms with van der Waals surface area (Å²) in [5.41, 5.74) is 2.93. The number of hydrazine groups is 1. The Labute approximate surface area is 134 Å². The van der Waals surface area contributed by atoms with Gasteiger partial charge in [0.15, 0.2) is 0 Å². The topological polar surface area (TPSA) is 50.9 Å². The molecule has 4 heteroatoms. The first-order valence-corrected chi connectivity index (χ1v) is 9.48. The van der Waals surface area contributed by atoms with Crippen molar-refractivity contribution >= 4 is 11.3 Å². The molecule has 0 amide bonds. The number of unbranched alkanes of at least 4 members (excludes halogenated alkanes) is 9. The maximum absolute atomic E-state index is 5.66. The zero-order valence-corrected chi connectivity index (χ0v) is 14.7. The van der Waals surface area contributed by atoms with Crippen molar-refractivity contribution in [1.82, 2.24) is 10.4 Å². The van der Waals surface area contributed by atoms with Crippen LogP contribution in [0.15, 0.2) is 6.20 Å². The molecule has 1 aromatic heterocycles. The lowest BCUT2D eigenvalue weighted by molar-refractivity contribution is 0.478. The van der Waals surface area contributed by atoms with E-state index in [9.17, 15) is 0 Å². The molecular formula is C17H33N3S. The van der Waals surface area contributed by atoms with E-state index in [0.29, 0.717) is 0 Å². The highest BCUT2D eigenvalue weighted by Gasteiger charge is 2.11. The van der Waals surface area contributed by atoms with Crippen LogP contribution < -0.4 is 11.3 Å². The van der Waals surface area contributed by atoms with Crippen molar-refractivity contribution in [2.24, 2.45) is 5.84 Å². The number of hydrogen-bond donors (Lipinski definition) is 2. The van der Waals surface area contributed by atoms with Gasteiger partial charge in [0.2, 0.25) is 0 Å². The third-order valence-corrected chi connectivity index (χ3v) is 5.06. The van der Waals surface area contributed by atoms with Crippen LogP contribution in [-0.2, 0) is 0 Å². The minimum absolute atomic E-state index is 0.283. The second-order valence-electron chi connectivity index (χ2n) is 5.97. The molecule has 0 bridgehead atoms. The summed E-state index contributed by atoms with van der Waals surface area (Å²) in [4.78, 5) is 5.58. The summed E-state index contributed by atoms with van der Waals surface area (Å²) in [6.07, 6.45) is 16.9. The molecule has 0 saturated heterocycles. The summed E-state index contributed by atoms with van der Waals surface area (Å²) in [7, 11) is 0. The van der Waals surface area contributed by atoms with E-state index < -0.39 is 0 Å². The zero-order valence-electron chi connectivity index (χ0n) is 13.9. The third-order valence-electron chi connectivity index (χ3n) is 4.03. The van der Waals surface area contributed by atoms with Crippen molar-refractivity contribution in [2.45, 2.75) is 90.5 Å². The van der Waals surface area contributed by atoms with E-state index in [1.165, 1.54) is 69.1 Å². The number of nitrogens with zero attached hydrogens (tertiary/aromatic N) is 1. The number of aromatic nitrogens is 1. The Morgan fingerprint density at radius 2 is 1.62 bits per heavy atom. The van der Waals surface area contributed by atoms with Gasteiger partial charge in [0, 0.05) is 11.1 Å². The minimum Gasteiger partial charge on any atom is -0.271 e. The fraction of sp³-hybridized carbons (Fsp3) is 0.824. The average Bonchev–Trinajstić information content (AvgIpc) is 2.91. The van der Waals surface area contributed by atoms with Crippen molar-refractivity contribution in [3.8, 4) is 0 Å².